The van der Waals surface area contributed by atoms with Crippen molar-refractivity contribution in [2.75, 3.05) is 32.8 Å². The highest BCUT2D eigenvalue weighted by Gasteiger charge is 2.26. The van der Waals surface area contributed by atoms with Crippen molar-refractivity contribution >= 4 is 12.0 Å². The van der Waals surface area contributed by atoms with E-state index in [4.69, 9.17) is 9.15 Å². The molecule has 6 heteroatoms. The number of carbonyl (C=O) groups is 2. The molecule has 1 aliphatic heterocycles. The largest absolute Gasteiger partial charge is 0.469 e. The average molecular weight is 266 g/mol. The molecule has 104 valence electrons. The standard InChI is InChI=1S/C13H18N2O4/c1-3-18-13(17)15-7-5-14(6-8-15)12(16)11-4-9-19-10(11)2/h4,9H,3,5-8H2,1-2H3. The Balaban J connectivity index is 1.92. The number of amides is 2. The molecular formula is C13H18N2O4. The fraction of sp³-hybridized carbons (Fsp3) is 0.538. The van der Waals surface area contributed by atoms with E-state index in [0.717, 1.165) is 0 Å². The van der Waals surface area contributed by atoms with E-state index in [1.54, 1.807) is 29.7 Å². The first-order chi connectivity index (χ1) is 9.13. The van der Waals surface area contributed by atoms with Crippen LogP contribution in [0.3, 0.4) is 0 Å². The van der Waals surface area contributed by atoms with Gasteiger partial charge in [0.2, 0.25) is 0 Å². The van der Waals surface area contributed by atoms with Crippen molar-refractivity contribution in [1.82, 2.24) is 9.80 Å². The molecule has 0 aliphatic carbocycles. The van der Waals surface area contributed by atoms with Gasteiger partial charge in [-0.15, -0.1) is 0 Å². The molecule has 1 saturated heterocycles. The van der Waals surface area contributed by atoms with Crippen LogP contribution in [0.2, 0.25) is 0 Å². The van der Waals surface area contributed by atoms with E-state index < -0.39 is 0 Å². The van der Waals surface area contributed by atoms with E-state index in [2.05, 4.69) is 0 Å². The van der Waals surface area contributed by atoms with Crippen molar-refractivity contribution in [3.05, 3.63) is 23.7 Å². The van der Waals surface area contributed by atoms with Gasteiger partial charge in [-0.05, 0) is 19.9 Å². The average Bonchev–Trinajstić information content (AvgIpc) is 2.84. The quantitative estimate of drug-likeness (QED) is 0.813. The summed E-state index contributed by atoms with van der Waals surface area (Å²) in [5, 5.41) is 0. The highest BCUT2D eigenvalue weighted by molar-refractivity contribution is 5.95. The van der Waals surface area contributed by atoms with Crippen molar-refractivity contribution in [3.63, 3.8) is 0 Å². The van der Waals surface area contributed by atoms with Gasteiger partial charge in [0.25, 0.3) is 5.91 Å². The van der Waals surface area contributed by atoms with Crippen LogP contribution in [0.4, 0.5) is 4.79 Å². The smallest absolute Gasteiger partial charge is 0.409 e. The molecule has 1 aromatic rings. The summed E-state index contributed by atoms with van der Waals surface area (Å²) in [6.07, 6.45) is 1.20. The summed E-state index contributed by atoms with van der Waals surface area (Å²) in [6.45, 7) is 5.95. The second-order valence-electron chi connectivity index (χ2n) is 4.37. The third-order valence-corrected chi connectivity index (χ3v) is 3.18. The highest BCUT2D eigenvalue weighted by Crippen LogP contribution is 2.14. The molecule has 0 atom stereocenters. The zero-order valence-electron chi connectivity index (χ0n) is 11.2. The minimum atomic E-state index is -0.311. The molecule has 2 heterocycles. The molecule has 19 heavy (non-hydrogen) atoms. The highest BCUT2D eigenvalue weighted by atomic mass is 16.6. The van der Waals surface area contributed by atoms with Gasteiger partial charge >= 0.3 is 6.09 Å². The Morgan fingerprint density at radius 1 is 1.26 bits per heavy atom. The number of hydrogen-bond donors (Lipinski definition) is 0. The van der Waals surface area contributed by atoms with Crippen molar-refractivity contribution < 1.29 is 18.7 Å². The van der Waals surface area contributed by atoms with E-state index in [9.17, 15) is 9.59 Å². The zero-order valence-corrected chi connectivity index (χ0v) is 11.2. The SMILES string of the molecule is CCOC(=O)N1CCN(C(=O)c2ccoc2C)CC1. The van der Waals surface area contributed by atoms with Crippen LogP contribution in [-0.2, 0) is 4.74 Å². The number of ether oxygens (including phenoxy) is 1. The lowest BCUT2D eigenvalue weighted by atomic mass is 10.2. The summed E-state index contributed by atoms with van der Waals surface area (Å²) in [5.41, 5.74) is 0.588. The van der Waals surface area contributed by atoms with Crippen LogP contribution in [0.5, 0.6) is 0 Å². The van der Waals surface area contributed by atoms with Crippen LogP contribution in [0.1, 0.15) is 23.0 Å². The normalized spacial score (nSPS) is 15.5. The van der Waals surface area contributed by atoms with Gasteiger partial charge in [-0.3, -0.25) is 4.79 Å². The summed E-state index contributed by atoms with van der Waals surface area (Å²) in [5.74, 6) is 0.576. The predicted molar refractivity (Wildman–Crippen MR) is 67.9 cm³/mol. The molecule has 0 aromatic carbocycles. The van der Waals surface area contributed by atoms with Crippen molar-refractivity contribution in [3.8, 4) is 0 Å². The van der Waals surface area contributed by atoms with Gasteiger partial charge in [0.05, 0.1) is 18.4 Å². The Bertz CT molecular complexity index is 461. The lowest BCUT2D eigenvalue weighted by Gasteiger charge is -2.33. The fourth-order valence-electron chi connectivity index (χ4n) is 2.08. The summed E-state index contributed by atoms with van der Waals surface area (Å²) in [7, 11) is 0. The number of aryl methyl sites for hydroxylation is 1. The molecule has 2 rings (SSSR count). The summed E-state index contributed by atoms with van der Waals surface area (Å²) in [6, 6.07) is 1.68. The lowest BCUT2D eigenvalue weighted by molar-refractivity contribution is 0.0569. The van der Waals surface area contributed by atoms with Crippen LogP contribution in [-0.4, -0.2) is 54.6 Å². The topological polar surface area (TPSA) is 63.0 Å². The molecule has 6 nitrogen and oxygen atoms in total. The molecule has 1 aromatic heterocycles. The molecule has 0 spiro atoms. The number of nitrogens with zero attached hydrogens (tertiary/aromatic N) is 2. The van der Waals surface area contributed by atoms with Gasteiger partial charge in [0.1, 0.15) is 5.76 Å². The number of rotatable bonds is 2. The van der Waals surface area contributed by atoms with Crippen molar-refractivity contribution in [2.45, 2.75) is 13.8 Å². The van der Waals surface area contributed by atoms with Crippen molar-refractivity contribution in [1.29, 1.82) is 0 Å². The van der Waals surface area contributed by atoms with Crippen LogP contribution in [0.25, 0.3) is 0 Å². The summed E-state index contributed by atoms with van der Waals surface area (Å²) in [4.78, 5) is 27.1. The van der Waals surface area contributed by atoms with Gasteiger partial charge < -0.3 is 19.0 Å². The maximum atomic E-state index is 12.2. The maximum Gasteiger partial charge on any atom is 0.409 e. The molecular weight excluding hydrogens is 248 g/mol. The molecule has 1 aliphatic rings. The van der Waals surface area contributed by atoms with Crippen LogP contribution >= 0.6 is 0 Å². The van der Waals surface area contributed by atoms with E-state index in [-0.39, 0.29) is 12.0 Å². The Hall–Kier alpha value is -1.98. The van der Waals surface area contributed by atoms with E-state index in [0.29, 0.717) is 44.1 Å². The van der Waals surface area contributed by atoms with E-state index in [1.165, 1.54) is 6.26 Å². The molecule has 0 saturated carbocycles. The number of carbonyl (C=O) groups excluding carboxylic acids is 2. The lowest BCUT2D eigenvalue weighted by Crippen LogP contribution is -2.50. The molecule has 0 N–H and O–H groups in total. The minimum absolute atomic E-state index is 0.0465. The monoisotopic (exact) mass is 266 g/mol. The first-order valence-electron chi connectivity index (χ1n) is 6.38. The fourth-order valence-corrected chi connectivity index (χ4v) is 2.08. The third-order valence-electron chi connectivity index (χ3n) is 3.18. The maximum absolute atomic E-state index is 12.2. The number of hydrogen-bond acceptors (Lipinski definition) is 4. The zero-order chi connectivity index (χ0) is 13.8. The molecule has 1 fully saturated rings. The van der Waals surface area contributed by atoms with E-state index in [1.807, 2.05) is 0 Å². The van der Waals surface area contributed by atoms with Crippen LogP contribution in [0, 0.1) is 6.92 Å². The number of furan rings is 1. The Kier molecular flexibility index (Phi) is 4.09. The molecule has 0 radical (unpaired) electrons. The first kappa shape index (κ1) is 13.5. The van der Waals surface area contributed by atoms with Gasteiger partial charge in [0, 0.05) is 26.2 Å². The van der Waals surface area contributed by atoms with Crippen LogP contribution in [0.15, 0.2) is 16.7 Å². The number of piperazine rings is 1. The third kappa shape index (κ3) is 2.89. The Morgan fingerprint density at radius 2 is 1.89 bits per heavy atom. The second-order valence-corrected chi connectivity index (χ2v) is 4.37. The van der Waals surface area contributed by atoms with Gasteiger partial charge in [0.15, 0.2) is 0 Å². The van der Waals surface area contributed by atoms with Crippen molar-refractivity contribution in [2.24, 2.45) is 0 Å². The second kappa shape index (κ2) is 5.77. The van der Waals surface area contributed by atoms with E-state index >= 15 is 0 Å². The van der Waals surface area contributed by atoms with Crippen LogP contribution < -0.4 is 0 Å². The summed E-state index contributed by atoms with van der Waals surface area (Å²) >= 11 is 0. The Labute approximate surface area is 111 Å². The predicted octanol–water partition coefficient (Wildman–Crippen LogP) is 1.50. The molecule has 2 amide bonds. The van der Waals surface area contributed by atoms with Gasteiger partial charge in [-0.2, -0.15) is 0 Å². The Morgan fingerprint density at radius 3 is 2.42 bits per heavy atom. The molecule has 0 bridgehead atoms. The van der Waals surface area contributed by atoms with Gasteiger partial charge in [-0.1, -0.05) is 0 Å². The minimum Gasteiger partial charge on any atom is -0.469 e. The first-order valence-corrected chi connectivity index (χ1v) is 6.38. The summed E-state index contributed by atoms with van der Waals surface area (Å²) < 4.78 is 10.1. The van der Waals surface area contributed by atoms with Gasteiger partial charge in [-0.25, -0.2) is 4.79 Å². The molecule has 0 unspecified atom stereocenters.